The molecule has 0 aliphatic heterocycles. The molecular weight excluding hydrogens is 769 g/mol. The number of carbonyl (C=O) groups excluding carboxylic acids is 2. The van der Waals surface area contributed by atoms with Gasteiger partial charge in [-0.1, -0.05) is 0 Å². The molecule has 1 rings (SSSR count). The zero-order chi connectivity index (χ0) is 24.6. The van der Waals surface area contributed by atoms with Crippen molar-refractivity contribution in [1.82, 2.24) is 9.80 Å². The number of hydrogen-bond acceptors (Lipinski definition) is 9. The molecule has 32 heavy (non-hydrogen) atoms. The summed E-state index contributed by atoms with van der Waals surface area (Å²) in [6.07, 6.45) is -2.50. The number of rotatable bonds is 12. The van der Waals surface area contributed by atoms with Crippen LogP contribution in [0.5, 0.6) is 5.75 Å². The molecule has 0 saturated carbocycles. The summed E-state index contributed by atoms with van der Waals surface area (Å²) in [7, 11) is 0. The summed E-state index contributed by atoms with van der Waals surface area (Å²) < 4.78 is 0.499. The van der Waals surface area contributed by atoms with Gasteiger partial charge in [0.15, 0.2) is 0 Å². The number of aliphatic hydroxyl groups is 6. The summed E-state index contributed by atoms with van der Waals surface area (Å²) in [4.78, 5) is 28.7. The van der Waals surface area contributed by atoms with Gasteiger partial charge in [-0.25, -0.2) is 0 Å². The van der Waals surface area contributed by atoms with Gasteiger partial charge in [-0.15, -0.1) is 0 Å². The van der Waals surface area contributed by atoms with Crippen LogP contribution in [0, 0.1) is 10.7 Å². The lowest BCUT2D eigenvalue weighted by atomic mass is 10.1. The summed E-state index contributed by atoms with van der Waals surface area (Å²) >= 11 is 5.30. The molecule has 0 spiro atoms. The summed E-state index contributed by atoms with van der Waals surface area (Å²) in [5.41, 5.74) is -0.0598. The first-order valence-electron chi connectivity index (χ1n) is 9.33. The van der Waals surface area contributed by atoms with Gasteiger partial charge in [0.05, 0.1) is 56.9 Å². The molecule has 7 N–H and O–H groups in total. The molecule has 2 unspecified atom stereocenters. The van der Waals surface area contributed by atoms with Crippen LogP contribution in [0.4, 0.5) is 0 Å². The molecule has 11 nitrogen and oxygen atoms in total. The van der Waals surface area contributed by atoms with Gasteiger partial charge in [-0.3, -0.25) is 9.59 Å². The minimum Gasteiger partial charge on any atom is -0.506 e. The lowest BCUT2D eigenvalue weighted by Crippen LogP contribution is -2.42. The number of phenols is 1. The van der Waals surface area contributed by atoms with Crippen LogP contribution in [0.1, 0.15) is 20.7 Å². The Morgan fingerprint density at radius 1 is 0.719 bits per heavy atom. The molecule has 1 aromatic rings. The molecule has 0 heterocycles. The predicted molar refractivity (Wildman–Crippen MR) is 138 cm³/mol. The Hall–Kier alpha value is -0.0900. The van der Waals surface area contributed by atoms with E-state index in [2.05, 4.69) is 0 Å². The van der Waals surface area contributed by atoms with E-state index in [0.717, 1.165) is 9.80 Å². The van der Waals surface area contributed by atoms with Crippen LogP contribution >= 0.6 is 67.8 Å². The van der Waals surface area contributed by atoms with Crippen LogP contribution < -0.4 is 0 Å². The number of amides is 2. The highest BCUT2D eigenvalue weighted by atomic mass is 127. The third-order valence-corrected chi connectivity index (χ3v) is 7.50. The van der Waals surface area contributed by atoms with Crippen molar-refractivity contribution < 1.29 is 45.3 Å². The molecule has 0 aliphatic carbocycles. The van der Waals surface area contributed by atoms with E-state index in [1.54, 1.807) is 67.8 Å². The standard InChI is InChI=1S/C18H25I3N2O9/c19-13-11(17(31)22(1-3-24)5-9(28)7-26)14(20)16(30)15(21)12(13)18(32)23(2-4-25)6-10(29)8-27/h9-10,24-30H,1-8H2. The fourth-order valence-corrected chi connectivity index (χ4v) is 6.85. The lowest BCUT2D eigenvalue weighted by molar-refractivity contribution is 0.0411. The van der Waals surface area contributed by atoms with Gasteiger partial charge in [0.25, 0.3) is 11.8 Å². The average molecular weight is 794 g/mol. The fourth-order valence-electron chi connectivity index (χ4n) is 2.76. The Morgan fingerprint density at radius 3 is 1.34 bits per heavy atom. The molecule has 14 heteroatoms. The summed E-state index contributed by atoms with van der Waals surface area (Å²) in [6, 6.07) is 0. The lowest BCUT2D eigenvalue weighted by Gasteiger charge is -2.28. The van der Waals surface area contributed by atoms with Gasteiger partial charge in [0, 0.05) is 29.7 Å². The van der Waals surface area contributed by atoms with Crippen molar-refractivity contribution in [3.63, 3.8) is 0 Å². The van der Waals surface area contributed by atoms with Crippen LogP contribution in [-0.4, -0.2) is 122 Å². The van der Waals surface area contributed by atoms with Crippen molar-refractivity contribution in [3.8, 4) is 5.75 Å². The zero-order valence-corrected chi connectivity index (χ0v) is 23.3. The number of nitrogens with zero attached hydrogens (tertiary/aromatic N) is 2. The molecule has 0 saturated heterocycles. The third-order valence-electron chi connectivity index (χ3n) is 4.32. The van der Waals surface area contributed by atoms with Crippen molar-refractivity contribution in [2.24, 2.45) is 0 Å². The molecule has 0 aromatic heterocycles. The molecule has 0 aliphatic rings. The highest BCUT2D eigenvalue weighted by Crippen LogP contribution is 2.37. The first kappa shape index (κ1) is 29.9. The summed E-state index contributed by atoms with van der Waals surface area (Å²) in [6.45, 7) is -2.91. The number of benzene rings is 1. The minimum absolute atomic E-state index is 0.0299. The van der Waals surface area contributed by atoms with E-state index < -0.39 is 50.4 Å². The number of phenolic OH excluding ortho intramolecular Hbond substituents is 1. The summed E-state index contributed by atoms with van der Waals surface area (Å²) in [5.74, 6) is -1.67. The zero-order valence-electron chi connectivity index (χ0n) is 16.8. The van der Waals surface area contributed by atoms with Gasteiger partial charge in [-0.2, -0.15) is 0 Å². The van der Waals surface area contributed by atoms with E-state index in [0.29, 0.717) is 0 Å². The van der Waals surface area contributed by atoms with Crippen LogP contribution in [-0.2, 0) is 0 Å². The largest absolute Gasteiger partial charge is 0.506 e. The van der Waals surface area contributed by atoms with E-state index in [-0.39, 0.29) is 53.8 Å². The average Bonchev–Trinajstić information content (AvgIpc) is 2.76. The van der Waals surface area contributed by atoms with E-state index in [4.69, 9.17) is 10.2 Å². The van der Waals surface area contributed by atoms with Crippen LogP contribution in [0.3, 0.4) is 0 Å². The smallest absolute Gasteiger partial charge is 0.256 e. The van der Waals surface area contributed by atoms with E-state index in [9.17, 15) is 35.1 Å². The molecule has 2 amide bonds. The first-order chi connectivity index (χ1) is 15.0. The van der Waals surface area contributed by atoms with Gasteiger partial charge in [-0.05, 0) is 67.8 Å². The van der Waals surface area contributed by atoms with Crippen molar-refractivity contribution in [1.29, 1.82) is 0 Å². The van der Waals surface area contributed by atoms with Gasteiger partial charge in [0.2, 0.25) is 0 Å². The topological polar surface area (TPSA) is 182 Å². The molecule has 1 aromatic carbocycles. The Bertz CT molecular complexity index is 751. The third kappa shape index (κ3) is 7.45. The van der Waals surface area contributed by atoms with E-state index in [1.165, 1.54) is 0 Å². The summed E-state index contributed by atoms with van der Waals surface area (Å²) in [5, 5.41) is 67.0. The minimum atomic E-state index is -1.25. The number of halogens is 3. The molecule has 0 radical (unpaired) electrons. The number of hydrogen-bond donors (Lipinski definition) is 7. The van der Waals surface area contributed by atoms with Crippen LogP contribution in [0.15, 0.2) is 0 Å². The quantitative estimate of drug-likeness (QED) is 0.128. The van der Waals surface area contributed by atoms with E-state index >= 15 is 0 Å². The normalized spacial score (nSPS) is 13.0. The Balaban J connectivity index is 3.58. The van der Waals surface area contributed by atoms with Crippen molar-refractivity contribution >= 4 is 79.6 Å². The SMILES string of the molecule is O=C(c1c(I)c(O)c(I)c(C(=O)N(CCO)CC(O)CO)c1I)N(CCO)CC(O)CO. The maximum absolute atomic E-state index is 13.2. The maximum Gasteiger partial charge on any atom is 0.256 e. The van der Waals surface area contributed by atoms with Crippen molar-refractivity contribution in [2.75, 3.05) is 52.6 Å². The maximum atomic E-state index is 13.2. The molecule has 182 valence electrons. The first-order valence-corrected chi connectivity index (χ1v) is 12.6. The second kappa shape index (κ2) is 14.3. The predicted octanol–water partition coefficient (Wildman–Crippen LogP) is -1.22. The Morgan fingerprint density at radius 2 is 1.06 bits per heavy atom. The molecule has 0 fully saturated rings. The van der Waals surface area contributed by atoms with Crippen molar-refractivity contribution in [2.45, 2.75) is 12.2 Å². The fraction of sp³-hybridized carbons (Fsp3) is 0.556. The second-order valence-electron chi connectivity index (χ2n) is 6.66. The molecule has 0 bridgehead atoms. The number of aliphatic hydroxyl groups excluding tert-OH is 6. The van der Waals surface area contributed by atoms with Gasteiger partial charge < -0.3 is 45.5 Å². The number of carbonyl (C=O) groups is 2. The van der Waals surface area contributed by atoms with Crippen LogP contribution in [0.2, 0.25) is 0 Å². The van der Waals surface area contributed by atoms with Crippen molar-refractivity contribution in [3.05, 3.63) is 21.8 Å². The monoisotopic (exact) mass is 794 g/mol. The van der Waals surface area contributed by atoms with Gasteiger partial charge >= 0.3 is 0 Å². The van der Waals surface area contributed by atoms with E-state index in [1.807, 2.05) is 0 Å². The Labute approximate surface area is 225 Å². The molecule has 2 atom stereocenters. The van der Waals surface area contributed by atoms with Gasteiger partial charge in [0.1, 0.15) is 5.75 Å². The highest BCUT2D eigenvalue weighted by Gasteiger charge is 2.32. The highest BCUT2D eigenvalue weighted by molar-refractivity contribution is 14.1. The Kier molecular flexibility index (Phi) is 13.4. The second-order valence-corrected chi connectivity index (χ2v) is 9.90. The van der Waals surface area contributed by atoms with Crippen LogP contribution in [0.25, 0.3) is 0 Å². The number of aromatic hydroxyl groups is 1. The molecular formula is C18H25I3N2O9.